The summed E-state index contributed by atoms with van der Waals surface area (Å²) in [5.74, 6) is -1.12. The number of carboxylic acids is 1. The van der Waals surface area contributed by atoms with E-state index >= 15 is 0 Å². The van der Waals surface area contributed by atoms with Crippen molar-refractivity contribution in [2.45, 2.75) is 13.0 Å². The van der Waals surface area contributed by atoms with Crippen LogP contribution < -0.4 is 5.30 Å². The lowest BCUT2D eigenvalue weighted by atomic mass is 10.4. The first-order valence-electron chi connectivity index (χ1n) is 4.03. The molecule has 0 saturated carbocycles. The highest BCUT2D eigenvalue weighted by Gasteiger charge is 2.28. The van der Waals surface area contributed by atoms with Crippen LogP contribution in [0, 0.1) is 0 Å². The van der Waals surface area contributed by atoms with Crippen molar-refractivity contribution in [2.24, 2.45) is 0 Å². The summed E-state index contributed by atoms with van der Waals surface area (Å²) in [5, 5.41) is 9.02. The quantitative estimate of drug-likeness (QED) is 0.770. The lowest BCUT2D eigenvalue weighted by molar-refractivity contribution is -0.143. The monoisotopic (exact) mass is 213 g/mol. The van der Waals surface area contributed by atoms with Crippen LogP contribution in [-0.4, -0.2) is 17.2 Å². The Bertz CT molecular complexity index is 336. The Morgan fingerprint density at radius 2 is 2.00 bits per heavy atom. The van der Waals surface area contributed by atoms with Gasteiger partial charge in [0, 0.05) is 0 Å². The van der Waals surface area contributed by atoms with Crippen molar-refractivity contribution in [1.29, 1.82) is 0 Å². The molecule has 0 spiro atoms. The summed E-state index contributed by atoms with van der Waals surface area (Å²) in [6.07, 6.45) is -1.06. The van der Waals surface area contributed by atoms with E-state index in [-0.39, 0.29) is 0 Å². The van der Waals surface area contributed by atoms with E-state index in [1.165, 1.54) is 6.92 Å². The lowest BCUT2D eigenvalue weighted by Gasteiger charge is -1.95. The first kappa shape index (κ1) is 10.8. The van der Waals surface area contributed by atoms with Crippen molar-refractivity contribution >= 4 is 19.3 Å². The van der Waals surface area contributed by atoms with E-state index in [1.54, 1.807) is 30.3 Å². The Labute approximate surface area is 82.4 Å². The molecule has 1 N–H and O–H groups in total. The minimum atomic E-state index is -2.08. The molecule has 0 aliphatic heterocycles. The Hall–Kier alpha value is -1.25. The van der Waals surface area contributed by atoms with Crippen molar-refractivity contribution in [3.05, 3.63) is 30.3 Å². The molecule has 0 radical (unpaired) electrons. The molecule has 4 nitrogen and oxygen atoms in total. The van der Waals surface area contributed by atoms with Gasteiger partial charge in [-0.15, -0.1) is 4.52 Å². The minimum absolute atomic E-state index is 0.496. The topological polar surface area (TPSA) is 63.6 Å². The molecule has 14 heavy (non-hydrogen) atoms. The maximum absolute atomic E-state index is 11.4. The summed E-state index contributed by atoms with van der Waals surface area (Å²) in [4.78, 5) is 10.4. The molecule has 0 amide bonds. The average Bonchev–Trinajstić information content (AvgIpc) is 2.19. The lowest BCUT2D eigenvalue weighted by Crippen LogP contribution is -2.18. The number of carbonyl (C=O) groups is 1. The van der Waals surface area contributed by atoms with Gasteiger partial charge in [0.05, 0.1) is 0 Å². The minimum Gasteiger partial charge on any atom is -0.479 e. The number of aliphatic carboxylic acids is 1. The van der Waals surface area contributed by atoms with Crippen molar-refractivity contribution in [3.8, 4) is 0 Å². The molecule has 0 heterocycles. The maximum Gasteiger partial charge on any atom is 0.549 e. The van der Waals surface area contributed by atoms with Gasteiger partial charge in [-0.25, -0.2) is 4.79 Å². The molecule has 0 fully saturated rings. The van der Waals surface area contributed by atoms with Crippen molar-refractivity contribution in [2.75, 3.05) is 0 Å². The highest BCUT2D eigenvalue weighted by molar-refractivity contribution is 7.48. The molecular formula is C9H10O4P+. The fourth-order valence-electron chi connectivity index (χ4n) is 0.799. The number of rotatable bonds is 4. The highest BCUT2D eigenvalue weighted by atomic mass is 31.1. The summed E-state index contributed by atoms with van der Waals surface area (Å²) in [6, 6.07) is 8.49. The molecule has 0 aromatic heterocycles. The van der Waals surface area contributed by atoms with Crippen LogP contribution in [0.4, 0.5) is 0 Å². The van der Waals surface area contributed by atoms with E-state index in [2.05, 4.69) is 0 Å². The Morgan fingerprint density at radius 3 is 2.50 bits per heavy atom. The van der Waals surface area contributed by atoms with E-state index in [0.29, 0.717) is 5.30 Å². The third kappa shape index (κ3) is 2.91. The first-order chi connectivity index (χ1) is 6.61. The second kappa shape index (κ2) is 4.84. The molecule has 2 atom stereocenters. The van der Waals surface area contributed by atoms with Gasteiger partial charge >= 0.3 is 14.0 Å². The summed E-state index contributed by atoms with van der Waals surface area (Å²) >= 11 is 0. The Morgan fingerprint density at radius 1 is 1.43 bits per heavy atom. The number of hydrogen-bond acceptors (Lipinski definition) is 3. The Kier molecular flexibility index (Phi) is 3.74. The van der Waals surface area contributed by atoms with Gasteiger partial charge in [-0.05, 0) is 23.6 Å². The van der Waals surface area contributed by atoms with Crippen molar-refractivity contribution in [1.82, 2.24) is 0 Å². The van der Waals surface area contributed by atoms with Gasteiger partial charge in [-0.3, -0.25) is 0 Å². The van der Waals surface area contributed by atoms with Crippen molar-refractivity contribution < 1.29 is 19.0 Å². The van der Waals surface area contributed by atoms with Crippen LogP contribution in [0.1, 0.15) is 6.92 Å². The van der Waals surface area contributed by atoms with Gasteiger partial charge in [-0.2, -0.15) is 0 Å². The smallest absolute Gasteiger partial charge is 0.479 e. The molecular weight excluding hydrogens is 203 g/mol. The van der Waals surface area contributed by atoms with E-state index < -0.39 is 20.1 Å². The molecule has 1 aromatic rings. The van der Waals surface area contributed by atoms with Crippen LogP contribution in [-0.2, 0) is 13.9 Å². The fraction of sp³-hybridized carbons (Fsp3) is 0.222. The van der Waals surface area contributed by atoms with Crippen LogP contribution in [0.15, 0.2) is 30.3 Å². The van der Waals surface area contributed by atoms with Gasteiger partial charge in [0.1, 0.15) is 0 Å². The van der Waals surface area contributed by atoms with Crippen LogP contribution in [0.5, 0.6) is 0 Å². The SMILES string of the molecule is CC(O[P+](=O)c1ccccc1)C(=O)O. The van der Waals surface area contributed by atoms with Crippen LogP contribution in [0.25, 0.3) is 0 Å². The van der Waals surface area contributed by atoms with Gasteiger partial charge in [0.25, 0.3) is 0 Å². The summed E-state index contributed by atoms with van der Waals surface area (Å²) in [5.41, 5.74) is 0. The number of carboxylic acid groups (broad SMARTS) is 1. The fourth-order valence-corrected chi connectivity index (χ4v) is 1.71. The predicted molar refractivity (Wildman–Crippen MR) is 51.9 cm³/mol. The molecule has 0 aliphatic carbocycles. The predicted octanol–water partition coefficient (Wildman–Crippen LogP) is 1.54. The largest absolute Gasteiger partial charge is 0.549 e. The first-order valence-corrected chi connectivity index (χ1v) is 5.21. The molecule has 1 rings (SSSR count). The molecule has 0 saturated heterocycles. The number of hydrogen-bond donors (Lipinski definition) is 1. The Balaban J connectivity index is 2.64. The molecule has 5 heteroatoms. The van der Waals surface area contributed by atoms with E-state index in [1.807, 2.05) is 0 Å². The summed E-state index contributed by atoms with van der Waals surface area (Å²) < 4.78 is 16.2. The molecule has 0 bridgehead atoms. The van der Waals surface area contributed by atoms with Crippen LogP contribution in [0.3, 0.4) is 0 Å². The maximum atomic E-state index is 11.4. The molecule has 1 aromatic carbocycles. The van der Waals surface area contributed by atoms with E-state index in [9.17, 15) is 9.36 Å². The van der Waals surface area contributed by atoms with Crippen LogP contribution >= 0.6 is 8.03 Å². The zero-order valence-electron chi connectivity index (χ0n) is 7.58. The summed E-state index contributed by atoms with van der Waals surface area (Å²) in [6.45, 7) is 1.35. The van der Waals surface area contributed by atoms with E-state index in [4.69, 9.17) is 9.63 Å². The second-order valence-electron chi connectivity index (χ2n) is 2.68. The van der Waals surface area contributed by atoms with Gasteiger partial charge < -0.3 is 5.11 Å². The average molecular weight is 213 g/mol. The third-order valence-electron chi connectivity index (χ3n) is 1.57. The zero-order chi connectivity index (χ0) is 10.6. The highest BCUT2D eigenvalue weighted by Crippen LogP contribution is 2.23. The van der Waals surface area contributed by atoms with Gasteiger partial charge in [0.15, 0.2) is 0 Å². The third-order valence-corrected chi connectivity index (χ3v) is 2.80. The summed E-state index contributed by atoms with van der Waals surface area (Å²) in [7, 11) is -2.08. The van der Waals surface area contributed by atoms with E-state index in [0.717, 1.165) is 0 Å². The molecule has 74 valence electrons. The molecule has 2 unspecified atom stereocenters. The number of benzene rings is 1. The molecule has 0 aliphatic rings. The van der Waals surface area contributed by atoms with Gasteiger partial charge in [-0.1, -0.05) is 18.2 Å². The normalized spacial score (nSPS) is 13.4. The standard InChI is InChI=1S/C9H9O4P/c1-7(9(10)11)13-14(12)8-5-3-2-4-6-8/h2-7H,1H3/p+1. The van der Waals surface area contributed by atoms with Crippen molar-refractivity contribution in [3.63, 3.8) is 0 Å². The van der Waals surface area contributed by atoms with Crippen LogP contribution in [0.2, 0.25) is 0 Å². The van der Waals surface area contributed by atoms with Gasteiger partial charge in [0.2, 0.25) is 11.4 Å². The second-order valence-corrected chi connectivity index (χ2v) is 3.92. The zero-order valence-corrected chi connectivity index (χ0v) is 8.48.